The normalized spacial score (nSPS) is 10.3. The van der Waals surface area contributed by atoms with Crippen LogP contribution in [0.3, 0.4) is 0 Å². The van der Waals surface area contributed by atoms with Crippen LogP contribution in [0.2, 0.25) is 0 Å². The van der Waals surface area contributed by atoms with Crippen molar-refractivity contribution in [2.24, 2.45) is 0 Å². The summed E-state index contributed by atoms with van der Waals surface area (Å²) >= 11 is 4.08. The summed E-state index contributed by atoms with van der Waals surface area (Å²) < 4.78 is 1.50. The van der Waals surface area contributed by atoms with E-state index in [9.17, 15) is 9.90 Å². The van der Waals surface area contributed by atoms with Crippen molar-refractivity contribution in [3.05, 3.63) is 54.7 Å². The van der Waals surface area contributed by atoms with Crippen LogP contribution in [0.25, 0.3) is 0 Å². The molecule has 0 saturated carbocycles. The first-order chi connectivity index (χ1) is 9.51. The lowest BCUT2D eigenvalue weighted by Crippen LogP contribution is -2.13. The third-order valence-electron chi connectivity index (χ3n) is 2.64. The van der Waals surface area contributed by atoms with Crippen LogP contribution in [-0.4, -0.2) is 16.1 Å². The molecule has 0 aliphatic heterocycles. The summed E-state index contributed by atoms with van der Waals surface area (Å²) in [6.45, 7) is -0.0872. The van der Waals surface area contributed by atoms with Crippen molar-refractivity contribution in [3.63, 3.8) is 0 Å². The maximum absolute atomic E-state index is 12.2. The lowest BCUT2D eigenvalue weighted by molar-refractivity contribution is 0.102. The van der Waals surface area contributed by atoms with Gasteiger partial charge < -0.3 is 15.5 Å². The molecule has 4 nitrogen and oxygen atoms in total. The predicted octanol–water partition coefficient (Wildman–Crippen LogP) is 3.35. The van der Waals surface area contributed by atoms with E-state index >= 15 is 0 Å². The monoisotopic (exact) mass is 495 g/mol. The van der Waals surface area contributed by atoms with Gasteiger partial charge in [0.2, 0.25) is 0 Å². The van der Waals surface area contributed by atoms with E-state index in [0.29, 0.717) is 14.8 Å². The maximum Gasteiger partial charge on any atom is 0.259 e. The SMILES string of the molecule is O=C(Nc1cccc(CO)c1)c1cc(I)cc(I)c1O. The highest BCUT2D eigenvalue weighted by atomic mass is 127. The molecule has 0 bridgehead atoms. The molecular formula is C14H11I2NO3. The Labute approximate surface area is 143 Å². The van der Waals surface area contributed by atoms with Crippen molar-refractivity contribution in [1.29, 1.82) is 0 Å². The van der Waals surface area contributed by atoms with E-state index in [0.717, 1.165) is 3.57 Å². The second kappa shape index (κ2) is 6.72. The van der Waals surface area contributed by atoms with E-state index in [1.54, 1.807) is 36.4 Å². The van der Waals surface area contributed by atoms with Crippen LogP contribution in [0.1, 0.15) is 15.9 Å². The zero-order valence-electron chi connectivity index (χ0n) is 10.2. The fraction of sp³-hybridized carbons (Fsp3) is 0.0714. The van der Waals surface area contributed by atoms with E-state index in [2.05, 4.69) is 27.9 Å². The third-order valence-corrected chi connectivity index (χ3v) is 4.09. The molecule has 0 radical (unpaired) electrons. The minimum absolute atomic E-state index is 0.0261. The molecule has 0 aliphatic rings. The van der Waals surface area contributed by atoms with Gasteiger partial charge in [-0.25, -0.2) is 0 Å². The number of halogens is 2. The van der Waals surface area contributed by atoms with Gasteiger partial charge in [-0.15, -0.1) is 0 Å². The van der Waals surface area contributed by atoms with E-state index in [-0.39, 0.29) is 23.8 Å². The summed E-state index contributed by atoms with van der Waals surface area (Å²) in [6.07, 6.45) is 0. The molecule has 2 aromatic rings. The molecule has 3 N–H and O–H groups in total. The summed E-state index contributed by atoms with van der Waals surface area (Å²) in [6, 6.07) is 10.4. The Bertz CT molecular complexity index is 659. The van der Waals surface area contributed by atoms with Crippen LogP contribution in [0.5, 0.6) is 5.75 Å². The average Bonchev–Trinajstić information content (AvgIpc) is 2.43. The lowest BCUT2D eigenvalue weighted by atomic mass is 10.1. The minimum atomic E-state index is -0.381. The van der Waals surface area contributed by atoms with E-state index < -0.39 is 0 Å². The van der Waals surface area contributed by atoms with Gasteiger partial charge in [-0.3, -0.25) is 4.79 Å². The number of aliphatic hydroxyl groups excluding tert-OH is 1. The molecule has 0 spiro atoms. The number of aromatic hydroxyl groups is 1. The van der Waals surface area contributed by atoms with Gasteiger partial charge in [0.05, 0.1) is 15.7 Å². The van der Waals surface area contributed by atoms with Crippen LogP contribution in [0.4, 0.5) is 5.69 Å². The topological polar surface area (TPSA) is 69.6 Å². The number of anilines is 1. The smallest absolute Gasteiger partial charge is 0.259 e. The van der Waals surface area contributed by atoms with Gasteiger partial charge in [0.25, 0.3) is 5.91 Å². The highest BCUT2D eigenvalue weighted by molar-refractivity contribution is 14.1. The number of benzene rings is 2. The van der Waals surface area contributed by atoms with Crippen LogP contribution in [0, 0.1) is 7.14 Å². The minimum Gasteiger partial charge on any atom is -0.506 e. The first kappa shape index (κ1) is 15.5. The standard InChI is InChI=1S/C14H11I2NO3/c15-9-5-11(13(19)12(16)6-9)14(20)17-10-3-1-2-8(4-10)7-18/h1-6,18-19H,7H2,(H,17,20). The zero-order chi connectivity index (χ0) is 14.7. The van der Waals surface area contributed by atoms with Crippen molar-refractivity contribution in [3.8, 4) is 5.75 Å². The van der Waals surface area contributed by atoms with Crippen LogP contribution in [-0.2, 0) is 6.61 Å². The summed E-state index contributed by atoms with van der Waals surface area (Å²) in [4.78, 5) is 12.2. The summed E-state index contributed by atoms with van der Waals surface area (Å²) in [5, 5.41) is 21.7. The van der Waals surface area contributed by atoms with Crippen LogP contribution in [0.15, 0.2) is 36.4 Å². The van der Waals surface area contributed by atoms with E-state index in [4.69, 9.17) is 5.11 Å². The largest absolute Gasteiger partial charge is 0.506 e. The number of nitrogens with one attached hydrogen (secondary N) is 1. The Hall–Kier alpha value is -0.870. The molecule has 0 heterocycles. The molecule has 0 fully saturated rings. The third kappa shape index (κ3) is 3.61. The van der Waals surface area contributed by atoms with Crippen LogP contribution >= 0.6 is 45.2 Å². The highest BCUT2D eigenvalue weighted by Crippen LogP contribution is 2.27. The predicted molar refractivity (Wildman–Crippen MR) is 93.9 cm³/mol. The number of hydrogen-bond acceptors (Lipinski definition) is 3. The first-order valence-electron chi connectivity index (χ1n) is 5.70. The number of phenolic OH excluding ortho intramolecular Hbond substituents is 1. The van der Waals surface area contributed by atoms with Gasteiger partial charge in [0.15, 0.2) is 0 Å². The molecule has 0 aliphatic carbocycles. The molecule has 0 saturated heterocycles. The molecule has 2 rings (SSSR count). The first-order valence-corrected chi connectivity index (χ1v) is 7.86. The fourth-order valence-corrected chi connectivity index (χ4v) is 3.53. The Morgan fingerprint density at radius 2 is 1.95 bits per heavy atom. The number of rotatable bonds is 3. The Kier molecular flexibility index (Phi) is 5.22. The highest BCUT2D eigenvalue weighted by Gasteiger charge is 2.15. The molecule has 1 amide bonds. The van der Waals surface area contributed by atoms with E-state index in [1.165, 1.54) is 0 Å². The summed E-state index contributed by atoms with van der Waals surface area (Å²) in [5.74, 6) is -0.407. The van der Waals surface area contributed by atoms with Gasteiger partial charge in [0, 0.05) is 9.26 Å². The van der Waals surface area contributed by atoms with Crippen molar-refractivity contribution in [2.75, 3.05) is 5.32 Å². The van der Waals surface area contributed by atoms with Gasteiger partial charge in [-0.05, 0) is 75.0 Å². The average molecular weight is 495 g/mol. The quantitative estimate of drug-likeness (QED) is 0.573. The number of aliphatic hydroxyl groups is 1. The molecule has 6 heteroatoms. The second-order valence-electron chi connectivity index (χ2n) is 4.10. The number of carbonyl (C=O) groups is 1. The maximum atomic E-state index is 12.2. The molecule has 0 unspecified atom stereocenters. The van der Waals surface area contributed by atoms with E-state index in [1.807, 2.05) is 22.6 Å². The number of amides is 1. The van der Waals surface area contributed by atoms with Crippen molar-refractivity contribution in [2.45, 2.75) is 6.61 Å². The van der Waals surface area contributed by atoms with Gasteiger partial charge in [0.1, 0.15) is 5.75 Å². The van der Waals surface area contributed by atoms with Gasteiger partial charge in [-0.1, -0.05) is 12.1 Å². The Morgan fingerprint density at radius 1 is 1.20 bits per heavy atom. The Morgan fingerprint density at radius 3 is 2.65 bits per heavy atom. The van der Waals surface area contributed by atoms with Crippen LogP contribution < -0.4 is 5.32 Å². The number of hydrogen-bond donors (Lipinski definition) is 3. The van der Waals surface area contributed by atoms with Crippen molar-refractivity contribution >= 4 is 56.8 Å². The molecule has 20 heavy (non-hydrogen) atoms. The molecule has 0 aromatic heterocycles. The second-order valence-corrected chi connectivity index (χ2v) is 6.50. The molecule has 2 aromatic carbocycles. The zero-order valence-corrected chi connectivity index (χ0v) is 14.5. The van der Waals surface area contributed by atoms with Gasteiger partial charge in [-0.2, -0.15) is 0 Å². The molecular weight excluding hydrogens is 484 g/mol. The molecule has 104 valence electrons. The number of carbonyl (C=O) groups excluding carboxylic acids is 1. The van der Waals surface area contributed by atoms with Crippen molar-refractivity contribution in [1.82, 2.24) is 0 Å². The van der Waals surface area contributed by atoms with Crippen molar-refractivity contribution < 1.29 is 15.0 Å². The summed E-state index contributed by atoms with van der Waals surface area (Å²) in [5.41, 5.74) is 1.52. The summed E-state index contributed by atoms with van der Waals surface area (Å²) in [7, 11) is 0. The number of phenols is 1. The fourth-order valence-electron chi connectivity index (χ4n) is 1.68. The van der Waals surface area contributed by atoms with Gasteiger partial charge >= 0.3 is 0 Å². The molecule has 0 atom stereocenters. The Balaban J connectivity index is 2.28. The lowest BCUT2D eigenvalue weighted by Gasteiger charge is -2.09.